The summed E-state index contributed by atoms with van der Waals surface area (Å²) in [5.74, 6) is 2.85. The molecule has 3 aromatic rings. The molecule has 2 unspecified atom stereocenters. The van der Waals surface area contributed by atoms with Gasteiger partial charge in [-0.15, -0.1) is 0 Å². The third kappa shape index (κ3) is 10.3. The Morgan fingerprint density at radius 2 is 1.74 bits per heavy atom. The number of benzene rings is 3. The molecule has 4 rings (SSSR count). The van der Waals surface area contributed by atoms with Crippen LogP contribution >= 0.6 is 0 Å². The summed E-state index contributed by atoms with van der Waals surface area (Å²) >= 11 is 0. The largest absolute Gasteiger partial charge is 0.496 e. The number of para-hydroxylation sites is 1. The van der Waals surface area contributed by atoms with Gasteiger partial charge in [0.1, 0.15) is 23.9 Å². The van der Waals surface area contributed by atoms with Crippen molar-refractivity contribution in [2.24, 2.45) is 0 Å². The van der Waals surface area contributed by atoms with E-state index in [9.17, 15) is 4.79 Å². The zero-order valence-corrected chi connectivity index (χ0v) is 25.7. The normalized spacial score (nSPS) is 16.4. The second kappa shape index (κ2) is 17.5. The lowest BCUT2D eigenvalue weighted by atomic mass is 9.88. The van der Waals surface area contributed by atoms with Gasteiger partial charge in [-0.1, -0.05) is 42.5 Å². The van der Waals surface area contributed by atoms with Crippen LogP contribution in [0.15, 0.2) is 66.7 Å². The van der Waals surface area contributed by atoms with Gasteiger partial charge in [-0.2, -0.15) is 0 Å². The zero-order chi connectivity index (χ0) is 30.3. The molecule has 2 N–H and O–H groups in total. The van der Waals surface area contributed by atoms with Crippen molar-refractivity contribution >= 4 is 5.91 Å². The molecule has 8 nitrogen and oxygen atoms in total. The Morgan fingerprint density at radius 1 is 0.930 bits per heavy atom. The summed E-state index contributed by atoms with van der Waals surface area (Å²) in [5.41, 5.74) is 4.59. The summed E-state index contributed by atoms with van der Waals surface area (Å²) in [5, 5.41) is 6.34. The van der Waals surface area contributed by atoms with Crippen LogP contribution in [0.25, 0.3) is 0 Å². The van der Waals surface area contributed by atoms with Gasteiger partial charge in [-0.3, -0.25) is 4.79 Å². The third-order valence-electron chi connectivity index (χ3n) is 7.68. The molecule has 1 saturated heterocycles. The van der Waals surface area contributed by atoms with Gasteiger partial charge in [0.05, 0.1) is 39.6 Å². The molecule has 8 heteroatoms. The van der Waals surface area contributed by atoms with E-state index in [2.05, 4.69) is 35.8 Å². The van der Waals surface area contributed by atoms with Crippen LogP contribution in [0.3, 0.4) is 0 Å². The minimum absolute atomic E-state index is 0.0237. The summed E-state index contributed by atoms with van der Waals surface area (Å²) in [6, 6.07) is 22.4. The number of hydrogen-bond donors (Lipinski definition) is 2. The molecule has 1 aliphatic rings. The quantitative estimate of drug-likeness (QED) is 0.209. The molecule has 1 fully saturated rings. The van der Waals surface area contributed by atoms with E-state index in [-0.39, 0.29) is 12.0 Å². The van der Waals surface area contributed by atoms with E-state index in [4.69, 9.17) is 23.7 Å². The van der Waals surface area contributed by atoms with Crippen LogP contribution in [-0.2, 0) is 27.3 Å². The molecule has 0 spiro atoms. The maximum Gasteiger partial charge on any atom is 0.216 e. The standard InChI is InChI=1S/C35H46N2O6/c1-26-8-6-11-34(31(26)17-19-37-27(2)38)42-22-23-43-35-24-36-18-16-32(35)28-12-14-30(15-13-28)41-21-7-20-40-25-29-9-4-5-10-33(29)39-3/h4-6,8-15,32,35-36H,7,16-25H2,1-3H3,(H,37,38). The summed E-state index contributed by atoms with van der Waals surface area (Å²) in [6.07, 6.45) is 2.62. The molecule has 0 radical (unpaired) electrons. The van der Waals surface area contributed by atoms with E-state index in [0.717, 1.165) is 66.3 Å². The molecule has 1 heterocycles. The molecule has 0 saturated carbocycles. The first kappa shape index (κ1) is 32.3. The van der Waals surface area contributed by atoms with Crippen molar-refractivity contribution in [2.45, 2.75) is 51.7 Å². The summed E-state index contributed by atoms with van der Waals surface area (Å²) in [7, 11) is 1.67. The van der Waals surface area contributed by atoms with Crippen LogP contribution in [0, 0.1) is 6.92 Å². The fourth-order valence-corrected chi connectivity index (χ4v) is 5.40. The van der Waals surface area contributed by atoms with Crippen molar-refractivity contribution in [1.82, 2.24) is 10.6 Å². The number of methoxy groups -OCH3 is 1. The van der Waals surface area contributed by atoms with Crippen molar-refractivity contribution in [3.05, 3.63) is 89.0 Å². The Bertz CT molecular complexity index is 1270. The first-order chi connectivity index (χ1) is 21.0. The Morgan fingerprint density at radius 3 is 2.56 bits per heavy atom. The molecule has 232 valence electrons. The van der Waals surface area contributed by atoms with E-state index in [1.165, 1.54) is 12.5 Å². The van der Waals surface area contributed by atoms with Gasteiger partial charge >= 0.3 is 0 Å². The van der Waals surface area contributed by atoms with Gasteiger partial charge in [0.2, 0.25) is 5.91 Å². The van der Waals surface area contributed by atoms with Gasteiger partial charge < -0.3 is 34.3 Å². The SMILES string of the molecule is COc1ccccc1COCCCOc1ccc(C2CCNCC2OCCOc2cccc(C)c2CCNC(C)=O)cc1. The van der Waals surface area contributed by atoms with E-state index in [1.54, 1.807) is 7.11 Å². The molecule has 0 aliphatic carbocycles. The van der Waals surface area contributed by atoms with Crippen molar-refractivity contribution in [3.63, 3.8) is 0 Å². The first-order valence-electron chi connectivity index (χ1n) is 15.3. The van der Waals surface area contributed by atoms with Crippen molar-refractivity contribution < 1.29 is 28.5 Å². The van der Waals surface area contributed by atoms with Crippen LogP contribution in [0.4, 0.5) is 0 Å². The lowest BCUT2D eigenvalue weighted by Gasteiger charge is -2.32. The van der Waals surface area contributed by atoms with Gasteiger partial charge in [-0.25, -0.2) is 0 Å². The highest BCUT2D eigenvalue weighted by molar-refractivity contribution is 5.72. The molecule has 1 aliphatic heterocycles. The van der Waals surface area contributed by atoms with Crippen LogP contribution in [0.5, 0.6) is 17.2 Å². The lowest BCUT2D eigenvalue weighted by Crippen LogP contribution is -2.41. The Balaban J connectivity index is 1.18. The highest BCUT2D eigenvalue weighted by Crippen LogP contribution is 2.29. The topological polar surface area (TPSA) is 87.3 Å². The lowest BCUT2D eigenvalue weighted by molar-refractivity contribution is -0.118. The second-order valence-electron chi connectivity index (χ2n) is 10.8. The maximum absolute atomic E-state index is 11.3. The van der Waals surface area contributed by atoms with E-state index >= 15 is 0 Å². The number of amides is 1. The van der Waals surface area contributed by atoms with Gasteiger partial charge in [0.15, 0.2) is 0 Å². The Kier molecular flexibility index (Phi) is 13.2. The van der Waals surface area contributed by atoms with Crippen molar-refractivity contribution in [3.8, 4) is 17.2 Å². The summed E-state index contributed by atoms with van der Waals surface area (Å²) in [4.78, 5) is 11.3. The van der Waals surface area contributed by atoms with Crippen molar-refractivity contribution in [2.75, 3.05) is 53.2 Å². The number of ether oxygens (including phenoxy) is 5. The Labute approximate surface area is 256 Å². The zero-order valence-electron chi connectivity index (χ0n) is 25.7. The summed E-state index contributed by atoms with van der Waals surface area (Å²) < 4.78 is 29.6. The number of carbonyl (C=O) groups is 1. The van der Waals surface area contributed by atoms with E-state index < -0.39 is 0 Å². The molecule has 3 aromatic carbocycles. The monoisotopic (exact) mass is 590 g/mol. The van der Waals surface area contributed by atoms with Crippen LogP contribution < -0.4 is 24.8 Å². The average Bonchev–Trinajstić information content (AvgIpc) is 3.02. The fraction of sp³-hybridized carbons (Fsp3) is 0.457. The third-order valence-corrected chi connectivity index (χ3v) is 7.68. The average molecular weight is 591 g/mol. The molecular weight excluding hydrogens is 544 g/mol. The molecule has 1 amide bonds. The van der Waals surface area contributed by atoms with Crippen LogP contribution in [0.2, 0.25) is 0 Å². The molecular formula is C35H46N2O6. The predicted molar refractivity (Wildman–Crippen MR) is 168 cm³/mol. The number of hydrogen-bond acceptors (Lipinski definition) is 7. The van der Waals surface area contributed by atoms with Gasteiger partial charge in [0.25, 0.3) is 0 Å². The van der Waals surface area contributed by atoms with Crippen molar-refractivity contribution in [1.29, 1.82) is 0 Å². The summed E-state index contributed by atoms with van der Waals surface area (Å²) in [6.45, 7) is 8.68. The fourth-order valence-electron chi connectivity index (χ4n) is 5.40. The maximum atomic E-state index is 11.3. The van der Waals surface area contributed by atoms with E-state index in [0.29, 0.717) is 45.5 Å². The minimum Gasteiger partial charge on any atom is -0.496 e. The van der Waals surface area contributed by atoms with Gasteiger partial charge in [0, 0.05) is 37.9 Å². The van der Waals surface area contributed by atoms with Crippen LogP contribution in [0.1, 0.15) is 47.9 Å². The number of nitrogens with one attached hydrogen (secondary N) is 2. The highest BCUT2D eigenvalue weighted by atomic mass is 16.5. The van der Waals surface area contributed by atoms with Gasteiger partial charge in [-0.05, 0) is 67.3 Å². The number of piperidine rings is 1. The first-order valence-corrected chi connectivity index (χ1v) is 15.3. The predicted octanol–water partition coefficient (Wildman–Crippen LogP) is 5.21. The Hall–Kier alpha value is -3.59. The molecule has 2 atom stereocenters. The number of carbonyl (C=O) groups excluding carboxylic acids is 1. The highest BCUT2D eigenvalue weighted by Gasteiger charge is 2.27. The number of aryl methyl sites for hydroxylation is 1. The number of rotatable bonds is 17. The molecule has 0 bridgehead atoms. The smallest absolute Gasteiger partial charge is 0.216 e. The minimum atomic E-state index is -0.0237. The van der Waals surface area contributed by atoms with E-state index in [1.807, 2.05) is 48.5 Å². The molecule has 43 heavy (non-hydrogen) atoms. The van der Waals surface area contributed by atoms with Crippen LogP contribution in [-0.4, -0.2) is 65.2 Å². The molecule has 0 aromatic heterocycles. The second-order valence-corrected chi connectivity index (χ2v) is 10.8.